The van der Waals surface area contributed by atoms with Gasteiger partial charge in [-0.15, -0.1) is 11.3 Å². The number of amides is 1. The van der Waals surface area contributed by atoms with Crippen LogP contribution in [0.4, 0.5) is 0 Å². The van der Waals surface area contributed by atoms with Crippen LogP contribution in [0.5, 0.6) is 0 Å². The number of hydrogen-bond donors (Lipinski definition) is 1. The monoisotopic (exact) mass is 324 g/mol. The van der Waals surface area contributed by atoms with Crippen LogP contribution in [0.2, 0.25) is 0 Å². The molecule has 0 saturated carbocycles. The van der Waals surface area contributed by atoms with Gasteiger partial charge in [-0.25, -0.2) is 4.98 Å². The third-order valence-corrected chi connectivity index (χ3v) is 4.24. The summed E-state index contributed by atoms with van der Waals surface area (Å²) in [6.45, 7) is 2.60. The van der Waals surface area contributed by atoms with E-state index in [0.29, 0.717) is 12.1 Å². The van der Waals surface area contributed by atoms with E-state index >= 15 is 0 Å². The molecule has 0 spiro atoms. The molecule has 0 saturated heterocycles. The van der Waals surface area contributed by atoms with Crippen LogP contribution in [0, 0.1) is 6.92 Å². The number of nitrogens with zero attached hydrogens (tertiary/aromatic N) is 1. The Balaban J connectivity index is 1.89. The second kappa shape index (κ2) is 6.11. The minimum Gasteiger partial charge on any atom is -0.352 e. The SMILES string of the molecule is Cc1ccc(C(=O)NCCc2nccs2)cc1Br. The molecular weight excluding hydrogens is 312 g/mol. The summed E-state index contributed by atoms with van der Waals surface area (Å²) in [5, 5.41) is 5.87. The van der Waals surface area contributed by atoms with Crippen LogP contribution in [-0.4, -0.2) is 17.4 Å². The van der Waals surface area contributed by atoms with Gasteiger partial charge in [-0.1, -0.05) is 22.0 Å². The van der Waals surface area contributed by atoms with E-state index < -0.39 is 0 Å². The summed E-state index contributed by atoms with van der Waals surface area (Å²) in [4.78, 5) is 16.1. The number of thiazole rings is 1. The number of benzene rings is 1. The highest BCUT2D eigenvalue weighted by molar-refractivity contribution is 9.10. The molecule has 1 heterocycles. The van der Waals surface area contributed by atoms with Gasteiger partial charge in [-0.3, -0.25) is 4.79 Å². The first-order valence-corrected chi connectivity index (χ1v) is 7.27. The Morgan fingerprint density at radius 1 is 1.50 bits per heavy atom. The van der Waals surface area contributed by atoms with Crippen molar-refractivity contribution in [1.29, 1.82) is 0 Å². The standard InChI is InChI=1S/C13H13BrN2OS/c1-9-2-3-10(8-11(9)14)13(17)16-5-4-12-15-6-7-18-12/h2-3,6-8H,4-5H2,1H3,(H,16,17). The zero-order valence-electron chi connectivity index (χ0n) is 9.94. The molecule has 2 rings (SSSR count). The van der Waals surface area contributed by atoms with Gasteiger partial charge in [-0.2, -0.15) is 0 Å². The van der Waals surface area contributed by atoms with Crippen molar-refractivity contribution in [2.24, 2.45) is 0 Å². The summed E-state index contributed by atoms with van der Waals surface area (Å²) < 4.78 is 0.954. The highest BCUT2D eigenvalue weighted by Crippen LogP contribution is 2.17. The van der Waals surface area contributed by atoms with E-state index in [4.69, 9.17) is 0 Å². The van der Waals surface area contributed by atoms with Crippen molar-refractivity contribution in [3.8, 4) is 0 Å². The number of nitrogens with one attached hydrogen (secondary N) is 1. The largest absolute Gasteiger partial charge is 0.352 e. The lowest BCUT2D eigenvalue weighted by Gasteiger charge is -2.05. The summed E-state index contributed by atoms with van der Waals surface area (Å²) in [6.07, 6.45) is 2.55. The van der Waals surface area contributed by atoms with Gasteiger partial charge in [0.05, 0.1) is 5.01 Å². The number of aryl methyl sites for hydroxylation is 1. The fourth-order valence-corrected chi connectivity index (χ4v) is 2.49. The lowest BCUT2D eigenvalue weighted by molar-refractivity contribution is 0.0954. The second-order valence-electron chi connectivity index (χ2n) is 3.90. The molecule has 0 aliphatic carbocycles. The molecule has 1 aromatic carbocycles. The maximum absolute atomic E-state index is 11.9. The number of carbonyl (C=O) groups excluding carboxylic acids is 1. The smallest absolute Gasteiger partial charge is 0.251 e. The van der Waals surface area contributed by atoms with Crippen molar-refractivity contribution >= 4 is 33.2 Å². The van der Waals surface area contributed by atoms with Crippen LogP contribution in [0.1, 0.15) is 20.9 Å². The molecular formula is C13H13BrN2OS. The van der Waals surface area contributed by atoms with E-state index in [9.17, 15) is 4.79 Å². The number of hydrogen-bond acceptors (Lipinski definition) is 3. The minimum absolute atomic E-state index is 0.0488. The molecule has 0 aliphatic rings. The van der Waals surface area contributed by atoms with Gasteiger partial charge < -0.3 is 5.32 Å². The minimum atomic E-state index is -0.0488. The lowest BCUT2D eigenvalue weighted by Crippen LogP contribution is -2.25. The first-order chi connectivity index (χ1) is 8.66. The predicted octanol–water partition coefficient (Wildman–Crippen LogP) is 3.19. The van der Waals surface area contributed by atoms with E-state index in [1.54, 1.807) is 17.5 Å². The molecule has 1 N–H and O–H groups in total. The Kier molecular flexibility index (Phi) is 4.49. The lowest BCUT2D eigenvalue weighted by atomic mass is 10.1. The van der Waals surface area contributed by atoms with Gasteiger partial charge in [0, 0.05) is 34.6 Å². The molecule has 3 nitrogen and oxygen atoms in total. The van der Waals surface area contributed by atoms with Crippen LogP contribution < -0.4 is 5.32 Å². The van der Waals surface area contributed by atoms with Gasteiger partial charge in [0.25, 0.3) is 5.91 Å². The Labute approximate surface area is 118 Å². The molecule has 0 bridgehead atoms. The van der Waals surface area contributed by atoms with Crippen LogP contribution in [0.3, 0.4) is 0 Å². The number of aromatic nitrogens is 1. The van der Waals surface area contributed by atoms with Crippen LogP contribution >= 0.6 is 27.3 Å². The molecule has 94 valence electrons. The van der Waals surface area contributed by atoms with Gasteiger partial charge in [0.15, 0.2) is 0 Å². The van der Waals surface area contributed by atoms with Gasteiger partial charge in [0.2, 0.25) is 0 Å². The normalized spacial score (nSPS) is 10.3. The predicted molar refractivity (Wildman–Crippen MR) is 77.0 cm³/mol. The van der Waals surface area contributed by atoms with E-state index in [0.717, 1.165) is 21.5 Å². The maximum atomic E-state index is 11.9. The van der Waals surface area contributed by atoms with Crippen molar-refractivity contribution in [1.82, 2.24) is 10.3 Å². The summed E-state index contributed by atoms with van der Waals surface area (Å²) in [5.41, 5.74) is 1.79. The molecule has 1 aromatic heterocycles. The van der Waals surface area contributed by atoms with Crippen molar-refractivity contribution < 1.29 is 4.79 Å². The summed E-state index contributed by atoms with van der Waals surface area (Å²) in [5.74, 6) is -0.0488. The van der Waals surface area contributed by atoms with E-state index in [2.05, 4.69) is 26.2 Å². The summed E-state index contributed by atoms with van der Waals surface area (Å²) >= 11 is 5.03. The molecule has 2 aromatic rings. The van der Waals surface area contributed by atoms with Crippen molar-refractivity contribution in [3.63, 3.8) is 0 Å². The number of carbonyl (C=O) groups is 1. The molecule has 18 heavy (non-hydrogen) atoms. The zero-order chi connectivity index (χ0) is 13.0. The first-order valence-electron chi connectivity index (χ1n) is 5.59. The quantitative estimate of drug-likeness (QED) is 0.938. The first kappa shape index (κ1) is 13.2. The van der Waals surface area contributed by atoms with Crippen molar-refractivity contribution in [2.75, 3.05) is 6.54 Å². The van der Waals surface area contributed by atoms with Crippen molar-refractivity contribution in [2.45, 2.75) is 13.3 Å². The van der Waals surface area contributed by atoms with E-state index in [1.165, 1.54) is 0 Å². The Morgan fingerprint density at radius 2 is 2.33 bits per heavy atom. The molecule has 0 fully saturated rings. The number of halogens is 1. The van der Waals surface area contributed by atoms with Gasteiger partial charge in [-0.05, 0) is 24.6 Å². The van der Waals surface area contributed by atoms with Crippen molar-refractivity contribution in [3.05, 3.63) is 50.4 Å². The van der Waals surface area contributed by atoms with Crippen LogP contribution in [0.25, 0.3) is 0 Å². The maximum Gasteiger partial charge on any atom is 0.251 e. The fourth-order valence-electron chi connectivity index (χ4n) is 1.50. The average Bonchev–Trinajstić information content (AvgIpc) is 2.85. The van der Waals surface area contributed by atoms with E-state index in [1.807, 2.05) is 30.5 Å². The van der Waals surface area contributed by atoms with E-state index in [-0.39, 0.29) is 5.91 Å². The molecule has 0 unspecified atom stereocenters. The number of rotatable bonds is 4. The third-order valence-electron chi connectivity index (χ3n) is 2.54. The highest BCUT2D eigenvalue weighted by Gasteiger charge is 2.06. The van der Waals surface area contributed by atoms with Crippen LogP contribution in [-0.2, 0) is 6.42 Å². The second-order valence-corrected chi connectivity index (χ2v) is 5.73. The highest BCUT2D eigenvalue weighted by atomic mass is 79.9. The Hall–Kier alpha value is -1.20. The molecule has 5 heteroatoms. The van der Waals surface area contributed by atoms with Gasteiger partial charge in [0.1, 0.15) is 0 Å². The molecule has 0 aliphatic heterocycles. The fraction of sp³-hybridized carbons (Fsp3) is 0.231. The summed E-state index contributed by atoms with van der Waals surface area (Å²) in [7, 11) is 0. The average molecular weight is 325 g/mol. The van der Waals surface area contributed by atoms with Crippen LogP contribution in [0.15, 0.2) is 34.2 Å². The Bertz CT molecular complexity index is 540. The third kappa shape index (κ3) is 3.40. The molecule has 1 amide bonds. The molecule has 0 atom stereocenters. The topological polar surface area (TPSA) is 42.0 Å². The molecule has 0 radical (unpaired) electrons. The zero-order valence-corrected chi connectivity index (χ0v) is 12.3. The van der Waals surface area contributed by atoms with Gasteiger partial charge >= 0.3 is 0 Å². The summed E-state index contributed by atoms with van der Waals surface area (Å²) in [6, 6.07) is 5.60. The Morgan fingerprint density at radius 3 is 3.00 bits per heavy atom.